The molecule has 1 aromatic carbocycles. The van der Waals surface area contributed by atoms with E-state index in [1.54, 1.807) is 23.5 Å². The van der Waals surface area contributed by atoms with Gasteiger partial charge < -0.3 is 5.32 Å². The first-order chi connectivity index (χ1) is 8.56. The van der Waals surface area contributed by atoms with Crippen LogP contribution in [0.5, 0.6) is 0 Å². The van der Waals surface area contributed by atoms with Gasteiger partial charge in [0.05, 0.1) is 10.2 Å². The van der Waals surface area contributed by atoms with E-state index < -0.39 is 0 Å². The number of thiazole rings is 1. The SMILES string of the molecule is CC(C)NCc1csc(-c2ccc(F)c(Br)c2)n1. The summed E-state index contributed by atoms with van der Waals surface area (Å²) < 4.78 is 13.6. The van der Waals surface area contributed by atoms with E-state index in [1.165, 1.54) is 6.07 Å². The van der Waals surface area contributed by atoms with Crippen molar-refractivity contribution >= 4 is 27.3 Å². The maximum Gasteiger partial charge on any atom is 0.137 e. The number of nitrogens with one attached hydrogen (secondary N) is 1. The second-order valence-electron chi connectivity index (χ2n) is 4.31. The van der Waals surface area contributed by atoms with Crippen molar-refractivity contribution in [2.45, 2.75) is 26.4 Å². The Kier molecular flexibility index (Phi) is 4.48. The van der Waals surface area contributed by atoms with Crippen LogP contribution < -0.4 is 5.32 Å². The van der Waals surface area contributed by atoms with Crippen LogP contribution in [0.2, 0.25) is 0 Å². The Morgan fingerprint density at radius 2 is 2.22 bits per heavy atom. The number of nitrogens with zero attached hydrogens (tertiary/aromatic N) is 1. The first-order valence-corrected chi connectivity index (χ1v) is 7.36. The molecule has 5 heteroatoms. The first kappa shape index (κ1) is 13.6. The minimum Gasteiger partial charge on any atom is -0.309 e. The van der Waals surface area contributed by atoms with Crippen LogP contribution in [0.1, 0.15) is 19.5 Å². The van der Waals surface area contributed by atoms with Crippen LogP contribution in [0, 0.1) is 5.82 Å². The molecule has 0 unspecified atom stereocenters. The molecular formula is C13H14BrFN2S. The fourth-order valence-electron chi connectivity index (χ4n) is 1.46. The maximum atomic E-state index is 13.2. The highest BCUT2D eigenvalue weighted by Gasteiger charge is 2.07. The number of halogens is 2. The smallest absolute Gasteiger partial charge is 0.137 e. The van der Waals surface area contributed by atoms with Gasteiger partial charge in [-0.05, 0) is 34.1 Å². The zero-order valence-electron chi connectivity index (χ0n) is 10.2. The standard InChI is InChI=1S/C13H14BrFN2S/c1-8(2)16-6-10-7-18-13(17-10)9-3-4-12(15)11(14)5-9/h3-5,7-8,16H,6H2,1-2H3. The zero-order valence-corrected chi connectivity index (χ0v) is 12.6. The molecule has 0 radical (unpaired) electrons. The molecule has 18 heavy (non-hydrogen) atoms. The normalized spacial score (nSPS) is 11.2. The quantitative estimate of drug-likeness (QED) is 0.909. The van der Waals surface area contributed by atoms with Gasteiger partial charge in [-0.25, -0.2) is 9.37 Å². The lowest BCUT2D eigenvalue weighted by atomic mass is 10.2. The van der Waals surface area contributed by atoms with E-state index in [-0.39, 0.29) is 5.82 Å². The Morgan fingerprint density at radius 1 is 1.44 bits per heavy atom. The van der Waals surface area contributed by atoms with Crippen molar-refractivity contribution in [1.29, 1.82) is 0 Å². The van der Waals surface area contributed by atoms with Crippen molar-refractivity contribution in [3.8, 4) is 10.6 Å². The van der Waals surface area contributed by atoms with Crippen LogP contribution >= 0.6 is 27.3 Å². The molecule has 2 nitrogen and oxygen atoms in total. The molecular weight excluding hydrogens is 315 g/mol. The number of hydrogen-bond acceptors (Lipinski definition) is 3. The zero-order chi connectivity index (χ0) is 13.1. The lowest BCUT2D eigenvalue weighted by Crippen LogP contribution is -2.21. The van der Waals surface area contributed by atoms with E-state index in [0.29, 0.717) is 10.5 Å². The Balaban J connectivity index is 2.16. The third kappa shape index (κ3) is 3.37. The molecule has 2 rings (SSSR count). The summed E-state index contributed by atoms with van der Waals surface area (Å²) in [6.07, 6.45) is 0. The topological polar surface area (TPSA) is 24.9 Å². The fourth-order valence-corrected chi connectivity index (χ4v) is 2.65. The lowest BCUT2D eigenvalue weighted by molar-refractivity contribution is 0.583. The average Bonchev–Trinajstić information content (AvgIpc) is 2.79. The van der Waals surface area contributed by atoms with E-state index >= 15 is 0 Å². The highest BCUT2D eigenvalue weighted by atomic mass is 79.9. The van der Waals surface area contributed by atoms with Gasteiger partial charge in [-0.3, -0.25) is 0 Å². The average molecular weight is 329 g/mol. The van der Waals surface area contributed by atoms with Crippen molar-refractivity contribution in [2.75, 3.05) is 0 Å². The summed E-state index contributed by atoms with van der Waals surface area (Å²) in [6, 6.07) is 5.40. The minimum atomic E-state index is -0.253. The van der Waals surface area contributed by atoms with Gasteiger partial charge in [-0.2, -0.15) is 0 Å². The summed E-state index contributed by atoms with van der Waals surface area (Å²) in [4.78, 5) is 4.54. The van der Waals surface area contributed by atoms with Gasteiger partial charge in [-0.1, -0.05) is 13.8 Å². The fraction of sp³-hybridized carbons (Fsp3) is 0.308. The lowest BCUT2D eigenvalue weighted by Gasteiger charge is -2.04. The minimum absolute atomic E-state index is 0.253. The van der Waals surface area contributed by atoms with Gasteiger partial charge in [0, 0.05) is 23.5 Å². The monoisotopic (exact) mass is 328 g/mol. The highest BCUT2D eigenvalue weighted by molar-refractivity contribution is 9.10. The van der Waals surface area contributed by atoms with E-state index in [4.69, 9.17) is 0 Å². The molecule has 1 aromatic heterocycles. The molecule has 0 aliphatic rings. The van der Waals surface area contributed by atoms with Gasteiger partial charge in [-0.15, -0.1) is 11.3 Å². The van der Waals surface area contributed by atoms with E-state index in [0.717, 1.165) is 22.8 Å². The number of hydrogen-bond donors (Lipinski definition) is 1. The van der Waals surface area contributed by atoms with Crippen molar-refractivity contribution in [3.05, 3.63) is 39.6 Å². The Morgan fingerprint density at radius 3 is 2.89 bits per heavy atom. The number of rotatable bonds is 4. The molecule has 1 N–H and O–H groups in total. The Labute approximate surface area is 118 Å². The summed E-state index contributed by atoms with van der Waals surface area (Å²) in [7, 11) is 0. The van der Waals surface area contributed by atoms with Gasteiger partial charge >= 0.3 is 0 Å². The van der Waals surface area contributed by atoms with E-state index in [2.05, 4.69) is 40.1 Å². The van der Waals surface area contributed by atoms with Gasteiger partial charge in [0.2, 0.25) is 0 Å². The molecule has 0 aliphatic carbocycles. The van der Waals surface area contributed by atoms with Crippen molar-refractivity contribution in [1.82, 2.24) is 10.3 Å². The third-order valence-corrected chi connectivity index (χ3v) is 3.96. The molecule has 2 aromatic rings. The summed E-state index contributed by atoms with van der Waals surface area (Å²) in [5, 5.41) is 6.26. The molecule has 0 saturated carbocycles. The Bertz CT molecular complexity index is 540. The predicted molar refractivity (Wildman–Crippen MR) is 77.2 cm³/mol. The molecule has 0 atom stereocenters. The number of benzene rings is 1. The molecule has 1 heterocycles. The molecule has 0 fully saturated rings. The van der Waals surface area contributed by atoms with Crippen molar-refractivity contribution < 1.29 is 4.39 Å². The summed E-state index contributed by atoms with van der Waals surface area (Å²) in [5.74, 6) is -0.253. The Hall–Kier alpha value is -0.780. The van der Waals surface area contributed by atoms with Gasteiger partial charge in [0.15, 0.2) is 0 Å². The highest BCUT2D eigenvalue weighted by Crippen LogP contribution is 2.27. The van der Waals surface area contributed by atoms with Crippen molar-refractivity contribution in [3.63, 3.8) is 0 Å². The second-order valence-corrected chi connectivity index (χ2v) is 6.02. The maximum absolute atomic E-state index is 13.2. The first-order valence-electron chi connectivity index (χ1n) is 5.69. The molecule has 0 spiro atoms. The summed E-state index contributed by atoms with van der Waals surface area (Å²) in [5.41, 5.74) is 1.95. The largest absolute Gasteiger partial charge is 0.309 e. The predicted octanol–water partition coefficient (Wildman–Crippen LogP) is 4.21. The van der Waals surface area contributed by atoms with Crippen LogP contribution in [-0.2, 0) is 6.54 Å². The molecule has 0 saturated heterocycles. The van der Waals surface area contributed by atoms with Gasteiger partial charge in [0.1, 0.15) is 10.8 Å². The molecule has 96 valence electrons. The van der Waals surface area contributed by atoms with E-state index in [9.17, 15) is 4.39 Å². The third-order valence-electron chi connectivity index (χ3n) is 2.41. The molecule has 0 amide bonds. The van der Waals surface area contributed by atoms with Crippen LogP contribution in [0.25, 0.3) is 10.6 Å². The number of aromatic nitrogens is 1. The van der Waals surface area contributed by atoms with Crippen LogP contribution in [0.3, 0.4) is 0 Å². The molecule has 0 aliphatic heterocycles. The second kappa shape index (κ2) is 5.91. The van der Waals surface area contributed by atoms with Crippen LogP contribution in [-0.4, -0.2) is 11.0 Å². The van der Waals surface area contributed by atoms with Crippen molar-refractivity contribution in [2.24, 2.45) is 0 Å². The van der Waals surface area contributed by atoms with Crippen LogP contribution in [0.15, 0.2) is 28.1 Å². The van der Waals surface area contributed by atoms with E-state index in [1.807, 2.05) is 5.38 Å². The van der Waals surface area contributed by atoms with Crippen LogP contribution in [0.4, 0.5) is 4.39 Å². The van der Waals surface area contributed by atoms with Gasteiger partial charge in [0.25, 0.3) is 0 Å². The summed E-state index contributed by atoms with van der Waals surface area (Å²) >= 11 is 4.76. The molecule has 0 bridgehead atoms. The summed E-state index contributed by atoms with van der Waals surface area (Å²) in [6.45, 7) is 4.96.